The molecule has 35 heavy (non-hydrogen) atoms. The molecule has 0 fully saturated rings. The Bertz CT molecular complexity index is 959. The molecule has 2 aromatic rings. The summed E-state index contributed by atoms with van der Waals surface area (Å²) in [7, 11) is 0. The van der Waals surface area contributed by atoms with Crippen LogP contribution in [0.25, 0.3) is 0 Å². The zero-order valence-electron chi connectivity index (χ0n) is 21.5. The molecule has 0 radical (unpaired) electrons. The van der Waals surface area contributed by atoms with E-state index in [4.69, 9.17) is 14.2 Å². The van der Waals surface area contributed by atoms with E-state index in [2.05, 4.69) is 26.0 Å². The summed E-state index contributed by atoms with van der Waals surface area (Å²) in [6.07, 6.45) is 14.4. The van der Waals surface area contributed by atoms with Crippen LogP contribution in [0.15, 0.2) is 36.4 Å². The first-order valence-electron chi connectivity index (χ1n) is 13.2. The fourth-order valence-corrected chi connectivity index (χ4v) is 3.86. The van der Waals surface area contributed by atoms with E-state index in [1.54, 1.807) is 18.2 Å². The molecule has 5 heteroatoms. The van der Waals surface area contributed by atoms with Gasteiger partial charge in [-0.2, -0.15) is 10.5 Å². The third-order valence-electron chi connectivity index (χ3n) is 5.92. The van der Waals surface area contributed by atoms with Gasteiger partial charge in [0.15, 0.2) is 11.5 Å². The summed E-state index contributed by atoms with van der Waals surface area (Å²) in [5.74, 6) is 2.14. The molecule has 0 heterocycles. The molecule has 0 N–H and O–H groups in total. The van der Waals surface area contributed by atoms with E-state index in [1.165, 1.54) is 51.4 Å². The Morgan fingerprint density at radius 1 is 0.629 bits per heavy atom. The van der Waals surface area contributed by atoms with Crippen molar-refractivity contribution in [2.45, 2.75) is 90.9 Å². The lowest BCUT2D eigenvalue weighted by Gasteiger charge is -2.15. The van der Waals surface area contributed by atoms with Gasteiger partial charge in [-0.25, -0.2) is 0 Å². The summed E-state index contributed by atoms with van der Waals surface area (Å²) in [5.41, 5.74) is 0.505. The molecule has 0 aromatic heterocycles. The van der Waals surface area contributed by atoms with Crippen LogP contribution in [0, 0.1) is 22.7 Å². The predicted octanol–water partition coefficient (Wildman–Crippen LogP) is 8.70. The summed E-state index contributed by atoms with van der Waals surface area (Å²) in [6, 6.07) is 14.7. The van der Waals surface area contributed by atoms with E-state index in [9.17, 15) is 10.5 Å². The van der Waals surface area contributed by atoms with Crippen molar-refractivity contribution in [2.75, 3.05) is 13.2 Å². The zero-order chi connectivity index (χ0) is 25.1. The lowest BCUT2D eigenvalue weighted by atomic mass is 10.1. The van der Waals surface area contributed by atoms with Crippen LogP contribution in [0.2, 0.25) is 0 Å². The van der Waals surface area contributed by atoms with Gasteiger partial charge in [0.05, 0.1) is 18.8 Å². The summed E-state index contributed by atoms with van der Waals surface area (Å²) in [5, 5.41) is 18.9. The van der Waals surface area contributed by atoms with Crippen LogP contribution in [-0.2, 0) is 0 Å². The SMILES string of the molecule is CCCCCCCCOc1ccc(OCCCCCCCC)c(Oc2cccc(C#N)c2C#N)c1. The number of ether oxygens (including phenoxy) is 3. The van der Waals surface area contributed by atoms with Crippen molar-refractivity contribution in [3.05, 3.63) is 47.5 Å². The third kappa shape index (κ3) is 10.3. The molecule has 0 aliphatic rings. The second-order valence-corrected chi connectivity index (χ2v) is 8.85. The Morgan fingerprint density at radius 2 is 1.26 bits per heavy atom. The van der Waals surface area contributed by atoms with Gasteiger partial charge in [-0.15, -0.1) is 0 Å². The fraction of sp³-hybridized carbons (Fsp3) is 0.533. The van der Waals surface area contributed by atoms with Crippen molar-refractivity contribution < 1.29 is 14.2 Å². The highest BCUT2D eigenvalue weighted by Crippen LogP contribution is 2.37. The van der Waals surface area contributed by atoms with Gasteiger partial charge in [0.2, 0.25) is 0 Å². The average Bonchev–Trinajstić information content (AvgIpc) is 2.88. The van der Waals surface area contributed by atoms with Crippen LogP contribution in [0.5, 0.6) is 23.0 Å². The summed E-state index contributed by atoms with van der Waals surface area (Å²) < 4.78 is 18.1. The van der Waals surface area contributed by atoms with Gasteiger partial charge >= 0.3 is 0 Å². The monoisotopic (exact) mass is 476 g/mol. The molecule has 0 aliphatic heterocycles. The van der Waals surface area contributed by atoms with Crippen molar-refractivity contribution in [1.82, 2.24) is 0 Å². The van der Waals surface area contributed by atoms with E-state index in [1.807, 2.05) is 18.2 Å². The van der Waals surface area contributed by atoms with Gasteiger partial charge < -0.3 is 14.2 Å². The Morgan fingerprint density at radius 3 is 1.89 bits per heavy atom. The average molecular weight is 477 g/mol. The maximum absolute atomic E-state index is 9.58. The minimum atomic E-state index is 0.218. The zero-order valence-corrected chi connectivity index (χ0v) is 21.5. The van der Waals surface area contributed by atoms with E-state index in [0.29, 0.717) is 36.2 Å². The highest BCUT2D eigenvalue weighted by molar-refractivity contribution is 5.56. The maximum Gasteiger partial charge on any atom is 0.173 e. The molecule has 188 valence electrons. The number of nitrogens with zero attached hydrogens (tertiary/aromatic N) is 2. The Balaban J connectivity index is 2.05. The first-order valence-corrected chi connectivity index (χ1v) is 13.2. The second-order valence-electron chi connectivity index (χ2n) is 8.85. The maximum atomic E-state index is 9.58. The highest BCUT2D eigenvalue weighted by atomic mass is 16.5. The van der Waals surface area contributed by atoms with Gasteiger partial charge in [0.1, 0.15) is 29.2 Å². The normalized spacial score (nSPS) is 10.4. The molecule has 0 saturated carbocycles. The number of unbranched alkanes of at least 4 members (excludes halogenated alkanes) is 10. The molecule has 0 bridgehead atoms. The minimum absolute atomic E-state index is 0.218. The van der Waals surface area contributed by atoms with Crippen LogP contribution in [0.4, 0.5) is 0 Å². The molecule has 0 amide bonds. The van der Waals surface area contributed by atoms with Gasteiger partial charge in [0.25, 0.3) is 0 Å². The summed E-state index contributed by atoms with van der Waals surface area (Å²) in [6.45, 7) is 5.69. The summed E-state index contributed by atoms with van der Waals surface area (Å²) in [4.78, 5) is 0. The van der Waals surface area contributed by atoms with E-state index in [-0.39, 0.29) is 11.1 Å². The lowest BCUT2D eigenvalue weighted by molar-refractivity contribution is 0.284. The topological polar surface area (TPSA) is 75.3 Å². The Kier molecular flexibility index (Phi) is 13.9. The Hall–Kier alpha value is -3.18. The van der Waals surface area contributed by atoms with Crippen molar-refractivity contribution in [3.63, 3.8) is 0 Å². The first-order chi connectivity index (χ1) is 17.2. The van der Waals surface area contributed by atoms with Crippen LogP contribution >= 0.6 is 0 Å². The van der Waals surface area contributed by atoms with Crippen molar-refractivity contribution in [3.8, 4) is 35.1 Å². The minimum Gasteiger partial charge on any atom is -0.493 e. The molecule has 2 rings (SSSR count). The largest absolute Gasteiger partial charge is 0.493 e. The fourth-order valence-electron chi connectivity index (χ4n) is 3.86. The lowest BCUT2D eigenvalue weighted by Crippen LogP contribution is -2.02. The molecule has 0 atom stereocenters. The number of hydrogen-bond acceptors (Lipinski definition) is 5. The molecular weight excluding hydrogens is 436 g/mol. The van der Waals surface area contributed by atoms with Crippen LogP contribution in [-0.4, -0.2) is 13.2 Å². The summed E-state index contributed by atoms with van der Waals surface area (Å²) >= 11 is 0. The third-order valence-corrected chi connectivity index (χ3v) is 5.92. The van der Waals surface area contributed by atoms with E-state index >= 15 is 0 Å². The van der Waals surface area contributed by atoms with Crippen LogP contribution in [0.1, 0.15) is 102 Å². The van der Waals surface area contributed by atoms with Gasteiger partial charge in [-0.1, -0.05) is 84.1 Å². The van der Waals surface area contributed by atoms with Crippen molar-refractivity contribution in [2.24, 2.45) is 0 Å². The first kappa shape index (κ1) is 28.1. The number of rotatable bonds is 18. The predicted molar refractivity (Wildman–Crippen MR) is 140 cm³/mol. The number of benzene rings is 2. The molecule has 0 saturated heterocycles. The van der Waals surface area contributed by atoms with Crippen LogP contribution < -0.4 is 14.2 Å². The second kappa shape index (κ2) is 17.3. The quantitative estimate of drug-likeness (QED) is 0.201. The van der Waals surface area contributed by atoms with Gasteiger partial charge in [-0.05, 0) is 37.1 Å². The highest BCUT2D eigenvalue weighted by Gasteiger charge is 2.14. The molecular formula is C30H40N2O3. The van der Waals surface area contributed by atoms with E-state index in [0.717, 1.165) is 25.7 Å². The molecule has 5 nitrogen and oxygen atoms in total. The van der Waals surface area contributed by atoms with Crippen molar-refractivity contribution in [1.29, 1.82) is 10.5 Å². The molecule has 0 unspecified atom stereocenters. The van der Waals surface area contributed by atoms with Gasteiger partial charge in [-0.3, -0.25) is 0 Å². The standard InChI is InChI=1S/C30H40N2O3/c1-3-5-7-9-11-13-20-33-26-18-19-29(34-21-14-12-10-8-6-4-2)30(22-26)35-28-17-15-16-25(23-31)27(28)24-32/h15-19,22H,3-14,20-21H2,1-2H3. The van der Waals surface area contributed by atoms with Gasteiger partial charge in [0, 0.05) is 6.07 Å². The molecule has 0 aliphatic carbocycles. The number of hydrogen-bond donors (Lipinski definition) is 0. The molecule has 0 spiro atoms. The van der Waals surface area contributed by atoms with Crippen LogP contribution in [0.3, 0.4) is 0 Å². The van der Waals surface area contributed by atoms with Crippen molar-refractivity contribution >= 4 is 0 Å². The number of nitriles is 2. The van der Waals surface area contributed by atoms with E-state index < -0.39 is 0 Å². The smallest absolute Gasteiger partial charge is 0.173 e. The Labute approximate surface area is 211 Å². The molecule has 2 aromatic carbocycles.